The summed E-state index contributed by atoms with van der Waals surface area (Å²) in [4.78, 5) is 26.3. The Bertz CT molecular complexity index is 1200. The molecule has 2 aromatic carbocycles. The topological polar surface area (TPSA) is 69.2 Å². The molecule has 210 valence electrons. The fourth-order valence-electron chi connectivity index (χ4n) is 5.24. The molecule has 2 heterocycles. The highest BCUT2D eigenvalue weighted by Gasteiger charge is 2.35. The molecule has 3 atom stereocenters. The predicted octanol–water partition coefficient (Wildman–Crippen LogP) is 5.04. The van der Waals surface area contributed by atoms with Gasteiger partial charge in [0.25, 0.3) is 0 Å². The third-order valence-electron chi connectivity index (χ3n) is 7.43. The lowest BCUT2D eigenvalue weighted by Gasteiger charge is -2.24. The standard InChI is InChI=1S/C30H39F2N5O2/c1-5-37-19-23(29(39-37)22-11-12-25(31)26(32)17-22)18-34-30(38)35-28-20(2)27(14-16-36(3)4)33-15-13-24(28)21-9-7-6-8-10-21/h6-12,17,23-24,29H,5,13-16,18-19H2,1-4H3,(H2,34,35,38)/t23-,24?,29+/m1/s1. The maximum atomic E-state index is 13.9. The first-order chi connectivity index (χ1) is 18.8. The molecule has 2 N–H and O–H groups in total. The van der Waals surface area contributed by atoms with E-state index in [9.17, 15) is 13.6 Å². The van der Waals surface area contributed by atoms with Gasteiger partial charge in [-0.25, -0.2) is 13.6 Å². The van der Waals surface area contributed by atoms with Gasteiger partial charge in [0.2, 0.25) is 0 Å². The predicted molar refractivity (Wildman–Crippen MR) is 149 cm³/mol. The molecule has 2 amide bonds. The number of amides is 2. The number of nitrogens with zero attached hydrogens (tertiary/aromatic N) is 3. The molecule has 0 bridgehead atoms. The van der Waals surface area contributed by atoms with E-state index in [2.05, 4.69) is 27.7 Å². The van der Waals surface area contributed by atoms with E-state index in [0.29, 0.717) is 31.7 Å². The first-order valence-corrected chi connectivity index (χ1v) is 13.6. The highest BCUT2D eigenvalue weighted by Crippen LogP contribution is 2.35. The Morgan fingerprint density at radius 2 is 1.90 bits per heavy atom. The van der Waals surface area contributed by atoms with Gasteiger partial charge in [0.15, 0.2) is 11.6 Å². The second kappa shape index (κ2) is 13.3. The van der Waals surface area contributed by atoms with Crippen LogP contribution in [0.4, 0.5) is 13.6 Å². The smallest absolute Gasteiger partial charge is 0.319 e. The molecule has 1 fully saturated rings. The van der Waals surface area contributed by atoms with E-state index in [1.165, 1.54) is 12.1 Å². The minimum Gasteiger partial charge on any atom is -0.337 e. The number of urea groups is 1. The number of allylic oxidation sites excluding steroid dienone is 2. The fourth-order valence-corrected chi connectivity index (χ4v) is 5.24. The van der Waals surface area contributed by atoms with Crippen molar-refractivity contribution in [2.75, 3.05) is 46.8 Å². The van der Waals surface area contributed by atoms with Gasteiger partial charge >= 0.3 is 6.03 Å². The van der Waals surface area contributed by atoms with Gasteiger partial charge in [-0.3, -0.25) is 9.83 Å². The van der Waals surface area contributed by atoms with Crippen LogP contribution in [0.2, 0.25) is 0 Å². The summed E-state index contributed by atoms with van der Waals surface area (Å²) in [6, 6.07) is 13.7. The molecule has 0 aromatic heterocycles. The van der Waals surface area contributed by atoms with Gasteiger partial charge in [0.05, 0.1) is 0 Å². The van der Waals surface area contributed by atoms with Crippen molar-refractivity contribution < 1.29 is 18.4 Å². The van der Waals surface area contributed by atoms with E-state index in [1.807, 2.05) is 46.1 Å². The largest absolute Gasteiger partial charge is 0.337 e. The van der Waals surface area contributed by atoms with Crippen LogP contribution in [0.3, 0.4) is 0 Å². The Morgan fingerprint density at radius 1 is 1.13 bits per heavy atom. The van der Waals surface area contributed by atoms with Crippen molar-refractivity contribution >= 4 is 11.7 Å². The number of benzene rings is 2. The molecule has 39 heavy (non-hydrogen) atoms. The molecule has 0 radical (unpaired) electrons. The molecule has 1 unspecified atom stereocenters. The van der Waals surface area contributed by atoms with Crippen molar-refractivity contribution in [3.05, 3.63) is 82.6 Å². The molecule has 0 spiro atoms. The third kappa shape index (κ3) is 7.29. The molecular formula is C30H39F2N5O2. The highest BCUT2D eigenvalue weighted by molar-refractivity contribution is 6.01. The van der Waals surface area contributed by atoms with Gasteiger partial charge in [-0.2, -0.15) is 5.06 Å². The number of carbonyl (C=O) groups is 1. The summed E-state index contributed by atoms with van der Waals surface area (Å²) in [5.41, 5.74) is 4.56. The van der Waals surface area contributed by atoms with Crippen molar-refractivity contribution in [2.45, 2.75) is 38.7 Å². The summed E-state index contributed by atoms with van der Waals surface area (Å²) in [5, 5.41) is 7.96. The average molecular weight is 540 g/mol. The molecule has 1 saturated heterocycles. The van der Waals surface area contributed by atoms with Gasteiger partial charge in [0, 0.05) is 62.4 Å². The summed E-state index contributed by atoms with van der Waals surface area (Å²) in [6.07, 6.45) is 1.11. The number of rotatable bonds is 9. The van der Waals surface area contributed by atoms with Crippen molar-refractivity contribution in [3.63, 3.8) is 0 Å². The van der Waals surface area contributed by atoms with Crippen LogP contribution in [0.15, 0.2) is 64.8 Å². The fraction of sp³-hybridized carbons (Fsp3) is 0.467. The molecule has 0 saturated carbocycles. The first-order valence-electron chi connectivity index (χ1n) is 13.6. The van der Waals surface area contributed by atoms with Crippen molar-refractivity contribution in [2.24, 2.45) is 10.9 Å². The molecule has 2 aliphatic rings. The molecule has 9 heteroatoms. The minimum absolute atomic E-state index is 0.0119. The van der Waals surface area contributed by atoms with E-state index in [1.54, 1.807) is 5.06 Å². The number of hydrogen-bond donors (Lipinski definition) is 2. The summed E-state index contributed by atoms with van der Waals surface area (Å²) in [6.45, 7) is 7.08. The maximum Gasteiger partial charge on any atom is 0.319 e. The average Bonchev–Trinajstić information content (AvgIpc) is 3.28. The van der Waals surface area contributed by atoms with Gasteiger partial charge in [0.1, 0.15) is 6.10 Å². The highest BCUT2D eigenvalue weighted by atomic mass is 19.2. The van der Waals surface area contributed by atoms with Crippen LogP contribution in [-0.4, -0.2) is 68.5 Å². The Morgan fingerprint density at radius 3 is 2.59 bits per heavy atom. The SMILES string of the molecule is CCN1C[C@@H](CNC(=O)NC2=C(C)C(CCN(C)C)=NCCC2c2ccccc2)[C@H](c2ccc(F)c(F)c2)O1. The van der Waals surface area contributed by atoms with Crippen LogP contribution >= 0.6 is 0 Å². The number of hydrogen-bond acceptors (Lipinski definition) is 5. The maximum absolute atomic E-state index is 13.9. The van der Waals surface area contributed by atoms with Crippen LogP contribution in [0.1, 0.15) is 49.8 Å². The Labute approximate surface area is 229 Å². The van der Waals surface area contributed by atoms with Crippen LogP contribution in [-0.2, 0) is 4.84 Å². The molecule has 2 aliphatic heterocycles. The molecular weight excluding hydrogens is 500 g/mol. The second-order valence-electron chi connectivity index (χ2n) is 10.4. The van der Waals surface area contributed by atoms with Crippen molar-refractivity contribution in [1.29, 1.82) is 0 Å². The lowest BCUT2D eigenvalue weighted by Crippen LogP contribution is -2.40. The number of aliphatic imine (C=N–C) groups is 1. The van der Waals surface area contributed by atoms with Crippen LogP contribution in [0, 0.1) is 17.6 Å². The van der Waals surface area contributed by atoms with Gasteiger partial charge in [-0.15, -0.1) is 0 Å². The lowest BCUT2D eigenvalue weighted by molar-refractivity contribution is -0.145. The molecule has 0 aliphatic carbocycles. The lowest BCUT2D eigenvalue weighted by atomic mass is 9.89. The van der Waals surface area contributed by atoms with Gasteiger partial charge in [-0.05, 0) is 56.3 Å². The number of nitrogens with one attached hydrogen (secondary N) is 2. The first kappa shape index (κ1) is 28.9. The number of halogens is 2. The number of hydroxylamine groups is 2. The summed E-state index contributed by atoms with van der Waals surface area (Å²) < 4.78 is 27.5. The van der Waals surface area contributed by atoms with Crippen LogP contribution < -0.4 is 10.6 Å². The van der Waals surface area contributed by atoms with Crippen molar-refractivity contribution in [1.82, 2.24) is 20.6 Å². The van der Waals surface area contributed by atoms with E-state index in [4.69, 9.17) is 9.83 Å². The summed E-state index contributed by atoms with van der Waals surface area (Å²) >= 11 is 0. The molecule has 7 nitrogen and oxygen atoms in total. The minimum atomic E-state index is -0.912. The van der Waals surface area contributed by atoms with E-state index < -0.39 is 17.7 Å². The van der Waals surface area contributed by atoms with Crippen LogP contribution in [0.5, 0.6) is 0 Å². The Balaban J connectivity index is 1.51. The van der Waals surface area contributed by atoms with Crippen molar-refractivity contribution in [3.8, 4) is 0 Å². The zero-order valence-corrected chi connectivity index (χ0v) is 23.2. The zero-order chi connectivity index (χ0) is 27.9. The normalized spacial score (nSPS) is 22.1. The molecule has 4 rings (SSSR count). The van der Waals surface area contributed by atoms with Crippen LogP contribution in [0.25, 0.3) is 0 Å². The van der Waals surface area contributed by atoms with E-state index >= 15 is 0 Å². The van der Waals surface area contributed by atoms with E-state index in [0.717, 1.165) is 48.0 Å². The van der Waals surface area contributed by atoms with Gasteiger partial charge in [-0.1, -0.05) is 43.3 Å². The summed E-state index contributed by atoms with van der Waals surface area (Å²) in [5.74, 6) is -1.93. The Hall–Kier alpha value is -3.14. The van der Waals surface area contributed by atoms with E-state index in [-0.39, 0.29) is 17.9 Å². The summed E-state index contributed by atoms with van der Waals surface area (Å²) in [7, 11) is 4.07. The zero-order valence-electron chi connectivity index (χ0n) is 23.2. The Kier molecular flexibility index (Phi) is 9.83. The monoisotopic (exact) mass is 539 g/mol. The molecule has 2 aromatic rings. The second-order valence-corrected chi connectivity index (χ2v) is 10.4. The van der Waals surface area contributed by atoms with Gasteiger partial charge < -0.3 is 15.5 Å². The quantitative estimate of drug-likeness (QED) is 0.469. The third-order valence-corrected chi connectivity index (χ3v) is 7.43. The number of carbonyl (C=O) groups excluding carboxylic acids is 1.